The fourth-order valence-corrected chi connectivity index (χ4v) is 3.13. The minimum atomic E-state index is -0.0382. The van der Waals surface area contributed by atoms with Gasteiger partial charge in [0.05, 0.1) is 6.54 Å². The minimum absolute atomic E-state index is 0.0382. The average molecular weight is 405 g/mol. The largest absolute Gasteiger partial charge is 0.396 e. The van der Waals surface area contributed by atoms with Crippen LogP contribution < -0.4 is 16.0 Å². The van der Waals surface area contributed by atoms with Gasteiger partial charge in [0, 0.05) is 31.3 Å². The number of hydrogen-bond donors (Lipinski definition) is 4. The number of aliphatic imine (C=N–C) groups is 1. The molecule has 1 unspecified atom stereocenters. The number of nitrogens with zero attached hydrogens (tertiary/aromatic N) is 1. The molecule has 1 aromatic rings. The summed E-state index contributed by atoms with van der Waals surface area (Å²) in [5, 5.41) is 19.1. The lowest BCUT2D eigenvalue weighted by molar-refractivity contribution is 0.0939. The van der Waals surface area contributed by atoms with E-state index in [0.29, 0.717) is 12.1 Å². The number of amides is 1. The molecule has 4 N–H and O–H groups in total. The molecule has 1 amide bonds. The number of rotatable bonds is 12. The number of aliphatic hydroxyl groups is 1. The van der Waals surface area contributed by atoms with E-state index in [2.05, 4.69) is 41.7 Å². The van der Waals surface area contributed by atoms with Gasteiger partial charge in [-0.25, -0.2) is 4.99 Å². The summed E-state index contributed by atoms with van der Waals surface area (Å²) in [5.41, 5.74) is 1.80. The molecule has 164 valence electrons. The first-order valence-electron chi connectivity index (χ1n) is 11.0. The van der Waals surface area contributed by atoms with E-state index in [4.69, 9.17) is 0 Å². The quantitative estimate of drug-likeness (QED) is 0.317. The second kappa shape index (κ2) is 13.2. The van der Waals surface area contributed by atoms with Crippen LogP contribution in [-0.4, -0.2) is 42.7 Å². The Labute approximate surface area is 176 Å². The van der Waals surface area contributed by atoms with E-state index < -0.39 is 0 Å². The second-order valence-corrected chi connectivity index (χ2v) is 7.71. The molecule has 6 heteroatoms. The number of carbonyl (C=O) groups is 1. The van der Waals surface area contributed by atoms with Gasteiger partial charge in [-0.15, -0.1) is 0 Å². The van der Waals surface area contributed by atoms with Gasteiger partial charge in [-0.3, -0.25) is 4.79 Å². The third-order valence-corrected chi connectivity index (χ3v) is 5.74. The number of hydrogen-bond acceptors (Lipinski definition) is 3. The molecule has 0 heterocycles. The van der Waals surface area contributed by atoms with Crippen molar-refractivity contribution in [3.8, 4) is 0 Å². The van der Waals surface area contributed by atoms with E-state index >= 15 is 0 Å². The standard InChI is InChI=1S/C23H40N4O2/c1-6-18(5)27-21(29)20-12-10-19(11-13-20)16-25-22(24-9-4)26-17-23(7-2,8-3)14-15-28/h10-13,18,28H,6-9,14-17H2,1-5H3,(H,27,29)(H2,24,25,26). The van der Waals surface area contributed by atoms with Crippen molar-refractivity contribution in [1.82, 2.24) is 16.0 Å². The molecule has 0 aliphatic rings. The van der Waals surface area contributed by atoms with Gasteiger partial charge in [0.15, 0.2) is 5.96 Å². The first-order valence-corrected chi connectivity index (χ1v) is 11.0. The Kier molecular flexibility index (Phi) is 11.4. The van der Waals surface area contributed by atoms with Crippen molar-refractivity contribution in [2.45, 2.75) is 72.9 Å². The van der Waals surface area contributed by atoms with Crippen LogP contribution in [0.5, 0.6) is 0 Å². The number of aliphatic hydroxyl groups excluding tert-OH is 1. The Balaban J connectivity index is 2.74. The van der Waals surface area contributed by atoms with Crippen LogP contribution in [0, 0.1) is 5.41 Å². The summed E-state index contributed by atoms with van der Waals surface area (Å²) in [6.07, 6.45) is 3.72. The summed E-state index contributed by atoms with van der Waals surface area (Å²) in [4.78, 5) is 16.9. The van der Waals surface area contributed by atoms with Crippen molar-refractivity contribution >= 4 is 11.9 Å². The van der Waals surface area contributed by atoms with Crippen LogP contribution in [0.1, 0.15) is 76.2 Å². The van der Waals surface area contributed by atoms with Gasteiger partial charge in [-0.2, -0.15) is 0 Å². The highest BCUT2D eigenvalue weighted by atomic mass is 16.3. The first kappa shape index (κ1) is 25.0. The van der Waals surface area contributed by atoms with Crippen molar-refractivity contribution in [1.29, 1.82) is 0 Å². The lowest BCUT2D eigenvalue weighted by atomic mass is 9.79. The van der Waals surface area contributed by atoms with Gasteiger partial charge in [-0.1, -0.05) is 32.9 Å². The van der Waals surface area contributed by atoms with Crippen LogP contribution in [0.3, 0.4) is 0 Å². The average Bonchev–Trinajstić information content (AvgIpc) is 2.74. The van der Waals surface area contributed by atoms with E-state index in [9.17, 15) is 9.90 Å². The molecular formula is C23H40N4O2. The van der Waals surface area contributed by atoms with E-state index in [1.165, 1.54) is 0 Å². The molecule has 0 aliphatic heterocycles. The van der Waals surface area contributed by atoms with Gasteiger partial charge in [-0.05, 0) is 62.6 Å². The Bertz CT molecular complexity index is 624. The zero-order valence-electron chi connectivity index (χ0n) is 18.8. The molecule has 29 heavy (non-hydrogen) atoms. The van der Waals surface area contributed by atoms with Crippen molar-refractivity contribution in [3.63, 3.8) is 0 Å². The minimum Gasteiger partial charge on any atom is -0.396 e. The fraction of sp³-hybridized carbons (Fsp3) is 0.652. The SMILES string of the molecule is CCNC(=NCc1ccc(C(=O)NC(C)CC)cc1)NCC(CC)(CC)CCO. The molecule has 0 radical (unpaired) electrons. The van der Waals surface area contributed by atoms with Gasteiger partial charge >= 0.3 is 0 Å². The maximum atomic E-state index is 12.2. The lowest BCUT2D eigenvalue weighted by Gasteiger charge is -2.32. The van der Waals surface area contributed by atoms with Crippen LogP contribution in [0.25, 0.3) is 0 Å². The summed E-state index contributed by atoms with van der Waals surface area (Å²) < 4.78 is 0. The summed E-state index contributed by atoms with van der Waals surface area (Å²) in [5.74, 6) is 0.735. The van der Waals surface area contributed by atoms with Gasteiger partial charge in [0.25, 0.3) is 5.91 Å². The molecule has 0 fully saturated rings. The first-order chi connectivity index (χ1) is 13.9. The zero-order valence-corrected chi connectivity index (χ0v) is 18.8. The maximum Gasteiger partial charge on any atom is 0.251 e. The Morgan fingerprint density at radius 3 is 2.28 bits per heavy atom. The van der Waals surface area contributed by atoms with Gasteiger partial charge < -0.3 is 21.1 Å². The zero-order chi connectivity index (χ0) is 21.7. The molecule has 0 spiro atoms. The third kappa shape index (κ3) is 8.44. The summed E-state index contributed by atoms with van der Waals surface area (Å²) >= 11 is 0. The molecule has 1 rings (SSSR count). The molecule has 1 aromatic carbocycles. The molecular weight excluding hydrogens is 364 g/mol. The van der Waals surface area contributed by atoms with Crippen molar-refractivity contribution < 1.29 is 9.90 Å². The highest BCUT2D eigenvalue weighted by Gasteiger charge is 2.25. The lowest BCUT2D eigenvalue weighted by Crippen LogP contribution is -2.43. The summed E-state index contributed by atoms with van der Waals surface area (Å²) in [6.45, 7) is 12.7. The third-order valence-electron chi connectivity index (χ3n) is 5.74. The number of guanidine groups is 1. The van der Waals surface area contributed by atoms with Crippen LogP contribution in [0.15, 0.2) is 29.3 Å². The van der Waals surface area contributed by atoms with E-state index in [0.717, 1.165) is 50.3 Å². The van der Waals surface area contributed by atoms with Gasteiger partial charge in [0.1, 0.15) is 0 Å². The topological polar surface area (TPSA) is 85.8 Å². The van der Waals surface area contributed by atoms with Crippen LogP contribution in [-0.2, 0) is 6.54 Å². The van der Waals surface area contributed by atoms with Crippen LogP contribution >= 0.6 is 0 Å². The fourth-order valence-electron chi connectivity index (χ4n) is 3.13. The van der Waals surface area contributed by atoms with Crippen molar-refractivity contribution in [2.24, 2.45) is 10.4 Å². The van der Waals surface area contributed by atoms with Crippen molar-refractivity contribution in [3.05, 3.63) is 35.4 Å². The van der Waals surface area contributed by atoms with E-state index in [1.54, 1.807) is 0 Å². The highest BCUT2D eigenvalue weighted by molar-refractivity contribution is 5.94. The smallest absolute Gasteiger partial charge is 0.251 e. The number of benzene rings is 1. The summed E-state index contributed by atoms with van der Waals surface area (Å²) in [7, 11) is 0. The summed E-state index contributed by atoms with van der Waals surface area (Å²) in [6, 6.07) is 7.77. The number of nitrogens with one attached hydrogen (secondary N) is 3. The van der Waals surface area contributed by atoms with Crippen LogP contribution in [0.4, 0.5) is 0 Å². The Morgan fingerprint density at radius 1 is 1.10 bits per heavy atom. The molecule has 0 saturated heterocycles. The molecule has 6 nitrogen and oxygen atoms in total. The van der Waals surface area contributed by atoms with Gasteiger partial charge in [0.2, 0.25) is 0 Å². The molecule has 0 bridgehead atoms. The normalized spacial score (nSPS) is 13.1. The monoisotopic (exact) mass is 404 g/mol. The molecule has 0 aromatic heterocycles. The predicted octanol–water partition coefficient (Wildman–Crippen LogP) is 3.46. The van der Waals surface area contributed by atoms with E-state index in [1.807, 2.05) is 38.1 Å². The van der Waals surface area contributed by atoms with Crippen LogP contribution in [0.2, 0.25) is 0 Å². The molecule has 0 saturated carbocycles. The molecule has 1 atom stereocenters. The maximum absolute atomic E-state index is 12.2. The predicted molar refractivity (Wildman–Crippen MR) is 121 cm³/mol. The van der Waals surface area contributed by atoms with E-state index in [-0.39, 0.29) is 24.0 Å². The highest BCUT2D eigenvalue weighted by Crippen LogP contribution is 2.29. The Hall–Kier alpha value is -2.08. The number of carbonyl (C=O) groups excluding carboxylic acids is 1. The Morgan fingerprint density at radius 2 is 1.76 bits per heavy atom. The van der Waals surface area contributed by atoms with Crippen molar-refractivity contribution in [2.75, 3.05) is 19.7 Å². The second-order valence-electron chi connectivity index (χ2n) is 7.71. The molecule has 0 aliphatic carbocycles.